The summed E-state index contributed by atoms with van der Waals surface area (Å²) in [6.45, 7) is 0.144. The number of hydrogen-bond donors (Lipinski definition) is 2. The topological polar surface area (TPSA) is 75.6 Å². The SMILES string of the molecule is O=C(NC1CC2(C1)[C@H](C(=O)O)C2(F)F)OCC1c2ccccc2-c2ccccc21. The molecule has 0 heterocycles. The Hall–Kier alpha value is -2.96. The van der Waals surface area contributed by atoms with Crippen LogP contribution in [0.4, 0.5) is 13.6 Å². The molecule has 2 aromatic rings. The maximum atomic E-state index is 13.8. The lowest BCUT2D eigenvalue weighted by Gasteiger charge is -2.36. The maximum Gasteiger partial charge on any atom is 0.407 e. The Balaban J connectivity index is 1.20. The lowest BCUT2D eigenvalue weighted by Crippen LogP contribution is -2.48. The minimum absolute atomic E-state index is 0.0405. The van der Waals surface area contributed by atoms with Crippen molar-refractivity contribution in [1.29, 1.82) is 0 Å². The second-order valence-electron chi connectivity index (χ2n) is 8.13. The molecular formula is C22H19F2NO4. The van der Waals surface area contributed by atoms with Crippen molar-refractivity contribution in [3.8, 4) is 11.1 Å². The van der Waals surface area contributed by atoms with Crippen LogP contribution in [0, 0.1) is 11.3 Å². The fourth-order valence-electron chi connectivity index (χ4n) is 5.14. The van der Waals surface area contributed by atoms with Crippen molar-refractivity contribution in [2.24, 2.45) is 11.3 Å². The summed E-state index contributed by atoms with van der Waals surface area (Å²) in [6, 6.07) is 15.4. The summed E-state index contributed by atoms with van der Waals surface area (Å²) in [4.78, 5) is 23.2. The number of benzene rings is 2. The Morgan fingerprint density at radius 2 is 1.59 bits per heavy atom. The van der Waals surface area contributed by atoms with Crippen LogP contribution >= 0.6 is 0 Å². The molecule has 3 aliphatic carbocycles. The molecular weight excluding hydrogens is 380 g/mol. The number of alkyl halides is 2. The molecule has 5 rings (SSSR count). The molecule has 0 aliphatic heterocycles. The third kappa shape index (κ3) is 2.49. The van der Waals surface area contributed by atoms with Crippen LogP contribution in [0.25, 0.3) is 11.1 Å². The molecule has 2 fully saturated rings. The molecule has 0 aromatic heterocycles. The number of carboxylic acids is 1. The van der Waals surface area contributed by atoms with Gasteiger partial charge in [-0.2, -0.15) is 0 Å². The van der Waals surface area contributed by atoms with E-state index < -0.39 is 35.4 Å². The van der Waals surface area contributed by atoms with Crippen molar-refractivity contribution in [2.75, 3.05) is 6.61 Å². The van der Waals surface area contributed by atoms with Crippen LogP contribution in [0.2, 0.25) is 0 Å². The van der Waals surface area contributed by atoms with Crippen molar-refractivity contribution in [3.63, 3.8) is 0 Å². The summed E-state index contributed by atoms with van der Waals surface area (Å²) in [5.74, 6) is -6.40. The average molecular weight is 399 g/mol. The van der Waals surface area contributed by atoms with Crippen LogP contribution in [0.15, 0.2) is 48.5 Å². The molecule has 2 N–H and O–H groups in total. The van der Waals surface area contributed by atoms with Gasteiger partial charge in [0.15, 0.2) is 0 Å². The molecule has 0 bridgehead atoms. The summed E-state index contributed by atoms with van der Waals surface area (Å²) < 4.78 is 32.9. The number of carboxylic acid groups (broad SMARTS) is 1. The van der Waals surface area contributed by atoms with Crippen molar-refractivity contribution in [3.05, 3.63) is 59.7 Å². The van der Waals surface area contributed by atoms with Crippen molar-refractivity contribution in [2.45, 2.75) is 30.7 Å². The van der Waals surface area contributed by atoms with E-state index in [1.807, 2.05) is 48.5 Å². The molecule has 2 saturated carbocycles. The minimum atomic E-state index is -3.20. The number of carbonyl (C=O) groups excluding carboxylic acids is 1. The first-order chi connectivity index (χ1) is 13.8. The van der Waals surface area contributed by atoms with E-state index in [2.05, 4.69) is 5.32 Å². The molecule has 2 aromatic carbocycles. The van der Waals surface area contributed by atoms with Gasteiger partial charge in [0.25, 0.3) is 5.92 Å². The Labute approximate surface area is 165 Å². The number of hydrogen-bond acceptors (Lipinski definition) is 3. The van der Waals surface area contributed by atoms with E-state index in [1.54, 1.807) is 0 Å². The maximum absolute atomic E-state index is 13.8. The quantitative estimate of drug-likeness (QED) is 0.814. The predicted octanol–water partition coefficient (Wildman–Crippen LogP) is 4.02. The van der Waals surface area contributed by atoms with Crippen molar-refractivity contribution >= 4 is 12.1 Å². The van der Waals surface area contributed by atoms with Gasteiger partial charge in [-0.05, 0) is 35.1 Å². The molecule has 1 atom stereocenters. The summed E-state index contributed by atoms with van der Waals surface area (Å²) >= 11 is 0. The Kier molecular flexibility index (Phi) is 3.75. The van der Waals surface area contributed by atoms with E-state index in [0.717, 1.165) is 22.3 Å². The van der Waals surface area contributed by atoms with Gasteiger partial charge in [-0.25, -0.2) is 13.6 Å². The largest absolute Gasteiger partial charge is 0.481 e. The number of alkyl carbamates (subject to hydrolysis) is 1. The molecule has 1 amide bonds. The highest BCUT2D eigenvalue weighted by Crippen LogP contribution is 2.75. The molecule has 150 valence electrons. The van der Waals surface area contributed by atoms with E-state index >= 15 is 0 Å². The second-order valence-corrected chi connectivity index (χ2v) is 8.13. The zero-order valence-corrected chi connectivity index (χ0v) is 15.4. The third-order valence-electron chi connectivity index (χ3n) is 6.63. The van der Waals surface area contributed by atoms with Crippen LogP contribution in [-0.4, -0.2) is 35.7 Å². The zero-order chi connectivity index (χ0) is 20.4. The number of rotatable bonds is 4. The predicted molar refractivity (Wildman–Crippen MR) is 99.7 cm³/mol. The lowest BCUT2D eigenvalue weighted by molar-refractivity contribution is -0.141. The molecule has 5 nitrogen and oxygen atoms in total. The van der Waals surface area contributed by atoms with Crippen molar-refractivity contribution in [1.82, 2.24) is 5.32 Å². The first-order valence-electron chi connectivity index (χ1n) is 9.57. The van der Waals surface area contributed by atoms with Crippen LogP contribution < -0.4 is 5.32 Å². The molecule has 0 saturated heterocycles. The molecule has 1 spiro atoms. The summed E-state index contributed by atoms with van der Waals surface area (Å²) in [5, 5.41) is 11.5. The molecule has 3 aliphatic rings. The molecule has 0 unspecified atom stereocenters. The number of ether oxygens (including phenoxy) is 1. The Morgan fingerprint density at radius 1 is 1.03 bits per heavy atom. The summed E-state index contributed by atoms with van der Waals surface area (Å²) in [5.41, 5.74) is 2.92. The fourth-order valence-corrected chi connectivity index (χ4v) is 5.14. The van der Waals surface area contributed by atoms with Gasteiger partial charge in [0, 0.05) is 12.0 Å². The third-order valence-corrected chi connectivity index (χ3v) is 6.63. The highest BCUT2D eigenvalue weighted by Gasteiger charge is 2.87. The van der Waals surface area contributed by atoms with Gasteiger partial charge in [-0.1, -0.05) is 48.5 Å². The Morgan fingerprint density at radius 3 is 2.10 bits per heavy atom. The average Bonchev–Trinajstić information content (AvgIpc) is 3.02. The number of carbonyl (C=O) groups is 2. The number of amides is 1. The number of nitrogens with one attached hydrogen (secondary N) is 1. The molecule has 7 heteroatoms. The molecule has 0 radical (unpaired) electrons. The van der Waals surface area contributed by atoms with Gasteiger partial charge in [-0.3, -0.25) is 4.79 Å². The minimum Gasteiger partial charge on any atom is -0.481 e. The van der Waals surface area contributed by atoms with Crippen LogP contribution in [0.5, 0.6) is 0 Å². The highest BCUT2D eigenvalue weighted by atomic mass is 19.3. The summed E-state index contributed by atoms with van der Waals surface area (Å²) in [7, 11) is 0. The van der Waals surface area contributed by atoms with E-state index in [0.29, 0.717) is 0 Å². The van der Waals surface area contributed by atoms with Gasteiger partial charge in [0.1, 0.15) is 12.5 Å². The highest BCUT2D eigenvalue weighted by molar-refractivity contribution is 5.80. The van der Waals surface area contributed by atoms with E-state index in [-0.39, 0.29) is 25.4 Å². The second kappa shape index (κ2) is 6.02. The zero-order valence-electron chi connectivity index (χ0n) is 15.4. The summed E-state index contributed by atoms with van der Waals surface area (Å²) in [6.07, 6.45) is -0.745. The normalized spacial score (nSPS) is 28.2. The standard InChI is InChI=1S/C22H19F2NO4/c23-22(24)18(19(26)27)21(22)9-12(10-21)25-20(28)29-11-17-15-7-3-1-5-13(15)14-6-2-4-8-16(14)17/h1-8,12,17-18H,9-11H2,(H,25,28)(H,26,27)/t12?,18-,21?/m0/s1. The monoisotopic (exact) mass is 399 g/mol. The van der Waals surface area contributed by atoms with Gasteiger partial charge in [-0.15, -0.1) is 0 Å². The fraction of sp³-hybridized carbons (Fsp3) is 0.364. The number of aliphatic carboxylic acids is 1. The first kappa shape index (κ1) is 18.1. The lowest BCUT2D eigenvalue weighted by atomic mass is 9.74. The van der Waals surface area contributed by atoms with E-state index in [4.69, 9.17) is 9.84 Å². The van der Waals surface area contributed by atoms with Gasteiger partial charge in [0.2, 0.25) is 0 Å². The Bertz CT molecular complexity index is 970. The van der Waals surface area contributed by atoms with Crippen LogP contribution in [0.1, 0.15) is 29.9 Å². The van der Waals surface area contributed by atoms with Crippen molar-refractivity contribution < 1.29 is 28.2 Å². The van der Waals surface area contributed by atoms with E-state index in [9.17, 15) is 18.4 Å². The van der Waals surface area contributed by atoms with Crippen LogP contribution in [0.3, 0.4) is 0 Å². The number of halogens is 2. The first-order valence-corrected chi connectivity index (χ1v) is 9.57. The number of fused-ring (bicyclic) bond motifs is 3. The smallest absolute Gasteiger partial charge is 0.407 e. The van der Waals surface area contributed by atoms with Crippen LogP contribution in [-0.2, 0) is 9.53 Å². The van der Waals surface area contributed by atoms with Gasteiger partial charge in [0.05, 0.1) is 5.41 Å². The van der Waals surface area contributed by atoms with E-state index in [1.165, 1.54) is 0 Å². The molecule has 29 heavy (non-hydrogen) atoms. The van der Waals surface area contributed by atoms with Gasteiger partial charge >= 0.3 is 12.1 Å². The van der Waals surface area contributed by atoms with Gasteiger partial charge < -0.3 is 15.2 Å².